The molecule has 0 heterocycles. The van der Waals surface area contributed by atoms with Crippen molar-refractivity contribution in [1.82, 2.24) is 0 Å². The standard InChI is InChI=1S/C19H21FO2/c1-11-12(2)14(4)18(15(5)13(11)3)10-22-19(21)16-6-8-17(20)9-7-16/h6-9H,10H2,1-5H3/i20-1. The van der Waals surface area contributed by atoms with E-state index in [0.717, 1.165) is 16.7 Å². The van der Waals surface area contributed by atoms with Crippen LogP contribution in [0.5, 0.6) is 0 Å². The Hall–Kier alpha value is -2.16. The van der Waals surface area contributed by atoms with Crippen LogP contribution in [0.2, 0.25) is 0 Å². The van der Waals surface area contributed by atoms with Crippen LogP contribution in [0.1, 0.15) is 43.7 Å². The van der Waals surface area contributed by atoms with E-state index in [-0.39, 0.29) is 12.4 Å². The summed E-state index contributed by atoms with van der Waals surface area (Å²) in [6.07, 6.45) is 0. The zero-order valence-electron chi connectivity index (χ0n) is 13.7. The number of hydrogen-bond donors (Lipinski definition) is 0. The van der Waals surface area contributed by atoms with Crippen LogP contribution >= 0.6 is 0 Å². The second kappa shape index (κ2) is 6.30. The van der Waals surface area contributed by atoms with Crippen molar-refractivity contribution in [2.45, 2.75) is 41.2 Å². The lowest BCUT2D eigenvalue weighted by Crippen LogP contribution is -2.09. The van der Waals surface area contributed by atoms with Gasteiger partial charge in [-0.05, 0) is 92.3 Å². The normalized spacial score (nSPS) is 10.6. The van der Waals surface area contributed by atoms with Crippen molar-refractivity contribution in [3.63, 3.8) is 0 Å². The number of ether oxygens (including phenoxy) is 1. The molecule has 0 aliphatic carbocycles. The Morgan fingerprint density at radius 2 is 1.32 bits per heavy atom. The second-order valence-electron chi connectivity index (χ2n) is 5.69. The lowest BCUT2D eigenvalue weighted by Gasteiger charge is -2.18. The first kappa shape index (κ1) is 16.2. The number of benzene rings is 2. The summed E-state index contributed by atoms with van der Waals surface area (Å²) < 4.78 is 18.3. The third kappa shape index (κ3) is 3.03. The Morgan fingerprint density at radius 1 is 0.864 bits per heavy atom. The summed E-state index contributed by atoms with van der Waals surface area (Å²) in [4.78, 5) is 12.0. The molecule has 2 aromatic rings. The second-order valence-corrected chi connectivity index (χ2v) is 5.69. The zero-order valence-corrected chi connectivity index (χ0v) is 13.7. The highest BCUT2D eigenvalue weighted by Gasteiger charge is 2.14. The minimum Gasteiger partial charge on any atom is -0.457 e. The van der Waals surface area contributed by atoms with E-state index in [1.54, 1.807) is 0 Å². The maximum Gasteiger partial charge on any atom is 0.338 e. The molecule has 2 rings (SSSR count). The van der Waals surface area contributed by atoms with Gasteiger partial charge in [-0.3, -0.25) is 0 Å². The van der Waals surface area contributed by atoms with Crippen molar-refractivity contribution in [2.75, 3.05) is 0 Å². The lowest BCUT2D eigenvalue weighted by molar-refractivity contribution is 0.0471. The Labute approximate surface area is 130 Å². The number of esters is 1. The molecule has 116 valence electrons. The van der Waals surface area contributed by atoms with Gasteiger partial charge in [-0.25, -0.2) is 9.18 Å². The summed E-state index contributed by atoms with van der Waals surface area (Å²) in [6, 6.07) is 5.38. The van der Waals surface area contributed by atoms with Crippen molar-refractivity contribution in [3.8, 4) is 0 Å². The fourth-order valence-electron chi connectivity index (χ4n) is 2.60. The molecule has 2 aromatic carbocycles. The predicted molar refractivity (Wildman–Crippen MR) is 85.6 cm³/mol. The molecule has 0 radical (unpaired) electrons. The highest BCUT2D eigenvalue weighted by Crippen LogP contribution is 2.26. The number of rotatable bonds is 3. The number of halogens is 1. The molecule has 22 heavy (non-hydrogen) atoms. The quantitative estimate of drug-likeness (QED) is 0.766. The van der Waals surface area contributed by atoms with E-state index >= 15 is 0 Å². The molecule has 0 bridgehead atoms. The Bertz CT molecular complexity index is 686. The van der Waals surface area contributed by atoms with Gasteiger partial charge in [0.05, 0.1) is 5.56 Å². The molecular weight excluding hydrogens is 278 g/mol. The van der Waals surface area contributed by atoms with Gasteiger partial charge in [-0.15, -0.1) is 0 Å². The van der Waals surface area contributed by atoms with Crippen LogP contribution in [0.3, 0.4) is 0 Å². The van der Waals surface area contributed by atoms with Crippen molar-refractivity contribution in [2.24, 2.45) is 0 Å². The van der Waals surface area contributed by atoms with Gasteiger partial charge in [0.15, 0.2) is 0 Å². The summed E-state index contributed by atoms with van der Waals surface area (Å²) in [6.45, 7) is 10.6. The van der Waals surface area contributed by atoms with E-state index in [2.05, 4.69) is 34.6 Å². The highest BCUT2D eigenvalue weighted by molar-refractivity contribution is 5.89. The maximum atomic E-state index is 12.9. The van der Waals surface area contributed by atoms with E-state index in [0.29, 0.717) is 5.56 Å². The molecule has 2 nitrogen and oxygen atoms in total. The van der Waals surface area contributed by atoms with Crippen LogP contribution in [0, 0.1) is 40.4 Å². The van der Waals surface area contributed by atoms with Crippen LogP contribution in [0.4, 0.5) is 4.39 Å². The van der Waals surface area contributed by atoms with E-state index in [4.69, 9.17) is 4.74 Å². The van der Waals surface area contributed by atoms with Gasteiger partial charge in [0.2, 0.25) is 0 Å². The summed E-state index contributed by atoms with van der Waals surface area (Å²) in [5.74, 6) is -0.803. The SMILES string of the molecule is Cc1c(C)c(C)c(COC(=O)c2ccc([18F])cc2)c(C)c1C. The molecule has 0 N–H and O–H groups in total. The van der Waals surface area contributed by atoms with E-state index in [1.165, 1.54) is 41.0 Å². The third-order valence-electron chi connectivity index (χ3n) is 4.58. The molecule has 0 spiro atoms. The van der Waals surface area contributed by atoms with Gasteiger partial charge in [-0.2, -0.15) is 0 Å². The average Bonchev–Trinajstić information content (AvgIpc) is 2.51. The van der Waals surface area contributed by atoms with Gasteiger partial charge >= 0.3 is 5.97 Å². The van der Waals surface area contributed by atoms with Gasteiger partial charge in [-0.1, -0.05) is 0 Å². The Kier molecular flexibility index (Phi) is 4.65. The van der Waals surface area contributed by atoms with Crippen LogP contribution in [0.15, 0.2) is 24.3 Å². The van der Waals surface area contributed by atoms with Crippen LogP contribution in [-0.2, 0) is 11.3 Å². The summed E-state index contributed by atoms with van der Waals surface area (Å²) in [5, 5.41) is 0. The number of carbonyl (C=O) groups excluding carboxylic acids is 1. The van der Waals surface area contributed by atoms with E-state index in [1.807, 2.05) is 0 Å². The van der Waals surface area contributed by atoms with Crippen LogP contribution in [0.25, 0.3) is 0 Å². The van der Waals surface area contributed by atoms with Crippen LogP contribution < -0.4 is 0 Å². The molecule has 0 unspecified atom stereocenters. The molecule has 0 fully saturated rings. The predicted octanol–water partition coefficient (Wildman–Crippen LogP) is 4.72. The summed E-state index contributed by atoms with van der Waals surface area (Å²) >= 11 is 0. The minimum atomic E-state index is -0.435. The van der Waals surface area contributed by atoms with Crippen LogP contribution in [-0.4, -0.2) is 5.97 Å². The third-order valence-corrected chi connectivity index (χ3v) is 4.58. The maximum absolute atomic E-state index is 12.9. The summed E-state index contributed by atoms with van der Waals surface area (Å²) in [7, 11) is 0. The number of carbonyl (C=O) groups is 1. The molecule has 0 atom stereocenters. The van der Waals surface area contributed by atoms with E-state index < -0.39 is 5.97 Å². The fraction of sp³-hybridized carbons (Fsp3) is 0.316. The number of hydrogen-bond acceptors (Lipinski definition) is 2. The largest absolute Gasteiger partial charge is 0.457 e. The van der Waals surface area contributed by atoms with Gasteiger partial charge < -0.3 is 4.74 Å². The molecule has 0 saturated carbocycles. The first-order valence-corrected chi connectivity index (χ1v) is 7.31. The van der Waals surface area contributed by atoms with Gasteiger partial charge in [0.25, 0.3) is 0 Å². The first-order valence-electron chi connectivity index (χ1n) is 7.31. The highest BCUT2D eigenvalue weighted by atomic mass is 18.2. The molecular formula is C19H21FO2. The molecule has 3 heteroatoms. The zero-order chi connectivity index (χ0) is 16.4. The Balaban J connectivity index is 2.22. The fourth-order valence-corrected chi connectivity index (χ4v) is 2.60. The van der Waals surface area contributed by atoms with Crippen molar-refractivity contribution in [1.29, 1.82) is 0 Å². The van der Waals surface area contributed by atoms with Crippen molar-refractivity contribution < 1.29 is 13.9 Å². The smallest absolute Gasteiger partial charge is 0.338 e. The topological polar surface area (TPSA) is 26.3 Å². The van der Waals surface area contributed by atoms with Gasteiger partial charge in [0, 0.05) is 0 Å². The molecule has 0 saturated heterocycles. The Morgan fingerprint density at radius 3 is 1.82 bits per heavy atom. The summed E-state index contributed by atoms with van der Waals surface area (Å²) in [5.41, 5.74) is 7.48. The van der Waals surface area contributed by atoms with E-state index in [9.17, 15) is 9.18 Å². The average molecular weight is 299 g/mol. The molecule has 0 aliphatic heterocycles. The lowest BCUT2D eigenvalue weighted by atomic mass is 9.90. The first-order chi connectivity index (χ1) is 10.3. The van der Waals surface area contributed by atoms with Crippen molar-refractivity contribution in [3.05, 3.63) is 69.0 Å². The molecule has 0 amide bonds. The minimum absolute atomic E-state index is 0.232. The molecule has 0 aromatic heterocycles. The monoisotopic (exact) mass is 299 g/mol. The van der Waals surface area contributed by atoms with Crippen molar-refractivity contribution >= 4 is 5.97 Å². The van der Waals surface area contributed by atoms with Gasteiger partial charge in [0.1, 0.15) is 12.4 Å². The molecule has 0 aliphatic rings.